The van der Waals surface area contributed by atoms with E-state index in [-0.39, 0.29) is 23.5 Å². The molecule has 230 valence electrons. The number of sulfonamides is 1. The number of rotatable bonds is 13. The summed E-state index contributed by atoms with van der Waals surface area (Å²) < 4.78 is 48.3. The fourth-order valence-electron chi connectivity index (χ4n) is 4.64. The average Bonchev–Trinajstić information content (AvgIpc) is 3.03. The molecule has 0 bridgehead atoms. The van der Waals surface area contributed by atoms with E-state index < -0.39 is 40.2 Å². The van der Waals surface area contributed by atoms with Crippen molar-refractivity contribution in [1.82, 2.24) is 10.2 Å². The molecule has 44 heavy (non-hydrogen) atoms. The monoisotopic (exact) mass is 637 g/mol. The van der Waals surface area contributed by atoms with Crippen molar-refractivity contribution in [3.8, 4) is 5.75 Å². The van der Waals surface area contributed by atoms with Gasteiger partial charge in [0.15, 0.2) is 0 Å². The topological polar surface area (TPSA) is 96.0 Å². The largest absolute Gasteiger partial charge is 0.494 e. The van der Waals surface area contributed by atoms with Crippen LogP contribution >= 0.6 is 11.6 Å². The van der Waals surface area contributed by atoms with Crippen LogP contribution in [0.3, 0.4) is 0 Å². The Hall–Kier alpha value is -4.41. The molecule has 8 nitrogen and oxygen atoms in total. The van der Waals surface area contributed by atoms with Gasteiger partial charge in [-0.1, -0.05) is 54.1 Å². The maximum absolute atomic E-state index is 14.3. The highest BCUT2D eigenvalue weighted by Crippen LogP contribution is 2.28. The van der Waals surface area contributed by atoms with Crippen LogP contribution in [0.15, 0.2) is 108 Å². The predicted octanol–water partition coefficient (Wildman–Crippen LogP) is 5.46. The number of nitrogens with one attached hydrogen (secondary N) is 1. The van der Waals surface area contributed by atoms with Crippen molar-refractivity contribution in [3.05, 3.63) is 125 Å². The first-order valence-corrected chi connectivity index (χ1v) is 15.7. The van der Waals surface area contributed by atoms with Crippen molar-refractivity contribution in [3.63, 3.8) is 0 Å². The number of anilines is 1. The van der Waals surface area contributed by atoms with E-state index in [0.717, 1.165) is 9.87 Å². The summed E-state index contributed by atoms with van der Waals surface area (Å²) in [5.74, 6) is -0.982. The van der Waals surface area contributed by atoms with Crippen LogP contribution < -0.4 is 14.4 Å². The van der Waals surface area contributed by atoms with Gasteiger partial charge in [0, 0.05) is 25.0 Å². The summed E-state index contributed by atoms with van der Waals surface area (Å²) in [4.78, 5) is 28.8. The third-order valence-corrected chi connectivity index (χ3v) is 8.94. The van der Waals surface area contributed by atoms with Crippen LogP contribution in [-0.4, -0.2) is 51.4 Å². The Labute approximate surface area is 262 Å². The molecule has 1 unspecified atom stereocenters. The highest BCUT2D eigenvalue weighted by atomic mass is 35.5. The number of carbonyl (C=O) groups is 2. The molecule has 1 N–H and O–H groups in total. The van der Waals surface area contributed by atoms with Gasteiger partial charge < -0.3 is 15.0 Å². The molecular formula is C33H33ClFN3O5S. The molecule has 4 aromatic rings. The van der Waals surface area contributed by atoms with Crippen LogP contribution in [0.5, 0.6) is 5.75 Å². The smallest absolute Gasteiger partial charge is 0.264 e. The Morgan fingerprint density at radius 3 is 2.11 bits per heavy atom. The number of likely N-dealkylation sites (N-methyl/N-ethyl adjacent to an activating group) is 1. The van der Waals surface area contributed by atoms with Gasteiger partial charge >= 0.3 is 0 Å². The molecule has 0 aliphatic carbocycles. The van der Waals surface area contributed by atoms with E-state index in [1.165, 1.54) is 60.5 Å². The second-order valence-corrected chi connectivity index (χ2v) is 12.2. The quantitative estimate of drug-likeness (QED) is 0.210. The van der Waals surface area contributed by atoms with Gasteiger partial charge in [-0.3, -0.25) is 13.9 Å². The highest BCUT2D eigenvalue weighted by molar-refractivity contribution is 7.92. The molecule has 0 saturated carbocycles. The summed E-state index contributed by atoms with van der Waals surface area (Å²) in [5, 5.41) is 2.98. The highest BCUT2D eigenvalue weighted by Gasteiger charge is 2.34. The third-order valence-electron chi connectivity index (χ3n) is 6.90. The maximum atomic E-state index is 14.3. The van der Waals surface area contributed by atoms with Crippen LogP contribution in [-0.2, 0) is 32.6 Å². The number of benzene rings is 4. The number of carbonyl (C=O) groups excluding carboxylic acids is 2. The minimum Gasteiger partial charge on any atom is -0.494 e. The fraction of sp³-hybridized carbons (Fsp3) is 0.212. The Kier molecular flexibility index (Phi) is 11.0. The van der Waals surface area contributed by atoms with E-state index in [4.69, 9.17) is 16.3 Å². The average molecular weight is 638 g/mol. The minimum atomic E-state index is -4.28. The molecule has 4 aromatic carbocycles. The number of hydrogen-bond acceptors (Lipinski definition) is 5. The summed E-state index contributed by atoms with van der Waals surface area (Å²) >= 11 is 6.02. The van der Waals surface area contributed by atoms with Crippen LogP contribution in [0.1, 0.15) is 18.1 Å². The van der Waals surface area contributed by atoms with Gasteiger partial charge in [0.25, 0.3) is 10.0 Å². The van der Waals surface area contributed by atoms with E-state index >= 15 is 0 Å². The zero-order valence-electron chi connectivity index (χ0n) is 24.3. The first kappa shape index (κ1) is 32.5. The lowest BCUT2D eigenvalue weighted by molar-refractivity contribution is -0.139. The molecule has 0 saturated heterocycles. The first-order valence-electron chi connectivity index (χ1n) is 13.9. The van der Waals surface area contributed by atoms with Crippen LogP contribution in [0.4, 0.5) is 10.1 Å². The van der Waals surface area contributed by atoms with Crippen molar-refractivity contribution in [2.24, 2.45) is 0 Å². The van der Waals surface area contributed by atoms with Gasteiger partial charge in [0.2, 0.25) is 11.8 Å². The molecule has 0 aliphatic rings. The predicted molar refractivity (Wildman–Crippen MR) is 169 cm³/mol. The van der Waals surface area contributed by atoms with Crippen molar-refractivity contribution in [2.75, 3.05) is 24.5 Å². The lowest BCUT2D eigenvalue weighted by Gasteiger charge is -2.33. The first-order chi connectivity index (χ1) is 21.1. The molecule has 11 heteroatoms. The zero-order chi connectivity index (χ0) is 31.7. The van der Waals surface area contributed by atoms with Gasteiger partial charge in [0.05, 0.1) is 17.2 Å². The lowest BCUT2D eigenvalue weighted by Crippen LogP contribution is -2.53. The number of hydrogen-bond donors (Lipinski definition) is 1. The minimum absolute atomic E-state index is 0.0673. The molecule has 4 rings (SSSR count). The van der Waals surface area contributed by atoms with E-state index in [0.29, 0.717) is 22.9 Å². The second kappa shape index (κ2) is 14.9. The van der Waals surface area contributed by atoms with Crippen LogP contribution in [0.2, 0.25) is 5.02 Å². The molecule has 0 heterocycles. The molecule has 0 fully saturated rings. The molecule has 0 spiro atoms. The van der Waals surface area contributed by atoms with Crippen molar-refractivity contribution >= 4 is 39.1 Å². The lowest BCUT2D eigenvalue weighted by atomic mass is 10.0. The number of amides is 2. The third kappa shape index (κ3) is 8.15. The molecule has 2 amide bonds. The zero-order valence-corrected chi connectivity index (χ0v) is 25.9. The molecule has 0 aromatic heterocycles. The van der Waals surface area contributed by atoms with Gasteiger partial charge in [-0.05, 0) is 78.7 Å². The van der Waals surface area contributed by atoms with Gasteiger partial charge in [-0.15, -0.1) is 0 Å². The summed E-state index contributed by atoms with van der Waals surface area (Å²) in [6.07, 6.45) is 0.167. The van der Waals surface area contributed by atoms with E-state index in [1.54, 1.807) is 24.3 Å². The Morgan fingerprint density at radius 2 is 1.52 bits per heavy atom. The van der Waals surface area contributed by atoms with Gasteiger partial charge in [0.1, 0.15) is 24.2 Å². The number of ether oxygens (including phenoxy) is 1. The second-order valence-electron chi connectivity index (χ2n) is 9.86. The summed E-state index contributed by atoms with van der Waals surface area (Å²) in [6.45, 7) is 1.56. The normalized spacial score (nSPS) is 11.8. The van der Waals surface area contributed by atoms with E-state index in [1.807, 2.05) is 37.3 Å². The Balaban J connectivity index is 1.78. The number of nitrogens with zero attached hydrogens (tertiary/aromatic N) is 2. The fourth-order valence-corrected chi connectivity index (χ4v) is 6.19. The van der Waals surface area contributed by atoms with Crippen molar-refractivity contribution in [2.45, 2.75) is 30.8 Å². The van der Waals surface area contributed by atoms with E-state index in [2.05, 4.69) is 5.32 Å². The molecular weight excluding hydrogens is 605 g/mol. The Morgan fingerprint density at radius 1 is 0.886 bits per heavy atom. The van der Waals surface area contributed by atoms with Gasteiger partial charge in [-0.25, -0.2) is 12.8 Å². The number of halogens is 2. The summed E-state index contributed by atoms with van der Waals surface area (Å²) in [5.41, 5.74) is 1.59. The summed E-state index contributed by atoms with van der Waals surface area (Å²) in [6, 6.07) is 25.7. The molecule has 1 atom stereocenters. The summed E-state index contributed by atoms with van der Waals surface area (Å²) in [7, 11) is -2.81. The maximum Gasteiger partial charge on any atom is 0.264 e. The molecule has 0 radical (unpaired) electrons. The van der Waals surface area contributed by atoms with Crippen LogP contribution in [0.25, 0.3) is 0 Å². The molecule has 0 aliphatic heterocycles. The van der Waals surface area contributed by atoms with Gasteiger partial charge in [-0.2, -0.15) is 0 Å². The Bertz CT molecular complexity index is 1650. The van der Waals surface area contributed by atoms with E-state index in [9.17, 15) is 22.4 Å². The van der Waals surface area contributed by atoms with Crippen molar-refractivity contribution < 1.29 is 27.1 Å². The SMILES string of the molecule is CCOc1ccc(N(CC(=O)N(Cc2ccc(F)cc2)C(Cc2ccccc2)C(=O)NC)S(=O)(=O)c2ccc(Cl)cc2)cc1. The van der Waals surface area contributed by atoms with Crippen LogP contribution in [0, 0.1) is 5.82 Å². The standard InChI is InChI=1S/C33H33ClFN3O5S/c1-3-43-29-17-15-28(16-18-29)38(44(41,42)30-19-11-26(34)12-20-30)23-32(39)37(22-25-9-13-27(35)14-10-25)31(33(40)36-2)21-24-7-5-4-6-8-24/h4-20,31H,3,21-23H2,1-2H3,(H,36,40). The van der Waals surface area contributed by atoms with Crippen molar-refractivity contribution in [1.29, 1.82) is 0 Å².